The van der Waals surface area contributed by atoms with Crippen LogP contribution in [0.3, 0.4) is 0 Å². The van der Waals surface area contributed by atoms with Gasteiger partial charge in [0.2, 0.25) is 0 Å². The molecule has 0 fully saturated rings. The number of nitrogens with one attached hydrogen (secondary N) is 1. The van der Waals surface area contributed by atoms with E-state index in [1.165, 1.54) is 22.6 Å². The predicted octanol–water partition coefficient (Wildman–Crippen LogP) is 5.40. The number of hydrogen-bond donors (Lipinski definition) is 1. The van der Waals surface area contributed by atoms with E-state index in [2.05, 4.69) is 21.2 Å². The summed E-state index contributed by atoms with van der Waals surface area (Å²) in [6.07, 6.45) is 2.07. The summed E-state index contributed by atoms with van der Waals surface area (Å²) in [7, 11) is 0. The molecule has 5 heteroatoms. The number of benzene rings is 1. The first-order valence-electron chi connectivity index (χ1n) is 5.63. The van der Waals surface area contributed by atoms with Crippen molar-refractivity contribution in [2.75, 3.05) is 5.32 Å². The minimum atomic E-state index is -0.234. The van der Waals surface area contributed by atoms with Gasteiger partial charge in [-0.3, -0.25) is 0 Å². The number of rotatable bonds is 2. The summed E-state index contributed by atoms with van der Waals surface area (Å²) in [5.74, 6) is -0.234. The van der Waals surface area contributed by atoms with E-state index in [9.17, 15) is 4.39 Å². The summed E-state index contributed by atoms with van der Waals surface area (Å²) in [4.78, 5) is 1.34. The average molecular weight is 347 g/mol. The first-order valence-corrected chi connectivity index (χ1v) is 7.62. The summed E-state index contributed by atoms with van der Waals surface area (Å²) in [5.41, 5.74) is 2.04. The predicted molar refractivity (Wildman–Crippen MR) is 78.1 cm³/mol. The molecule has 1 atom stereocenters. The summed E-state index contributed by atoms with van der Waals surface area (Å²) in [6.45, 7) is 0. The molecule has 94 valence electrons. The van der Waals surface area contributed by atoms with Gasteiger partial charge < -0.3 is 5.32 Å². The fraction of sp³-hybridized carbons (Fsp3) is 0.231. The van der Waals surface area contributed by atoms with Crippen LogP contribution in [0.5, 0.6) is 0 Å². The monoisotopic (exact) mass is 345 g/mol. The van der Waals surface area contributed by atoms with Gasteiger partial charge in [-0.15, -0.1) is 11.3 Å². The molecule has 1 aliphatic rings. The lowest BCUT2D eigenvalue weighted by atomic mass is 10.1. The molecule has 1 aromatic heterocycles. The Kier molecular flexibility index (Phi) is 3.34. The van der Waals surface area contributed by atoms with Gasteiger partial charge in [0.25, 0.3) is 0 Å². The van der Waals surface area contributed by atoms with Crippen molar-refractivity contribution in [3.63, 3.8) is 0 Å². The zero-order chi connectivity index (χ0) is 12.7. The number of anilines is 1. The molecule has 0 aliphatic heterocycles. The lowest BCUT2D eigenvalue weighted by molar-refractivity contribution is 0.627. The highest BCUT2D eigenvalue weighted by molar-refractivity contribution is 9.10. The van der Waals surface area contributed by atoms with Gasteiger partial charge in [-0.2, -0.15) is 0 Å². The number of fused-ring (bicyclic) bond motifs is 1. The molecule has 18 heavy (non-hydrogen) atoms. The third kappa shape index (κ3) is 2.29. The summed E-state index contributed by atoms with van der Waals surface area (Å²) in [5, 5.41) is 3.38. The lowest BCUT2D eigenvalue weighted by Crippen LogP contribution is -2.07. The van der Waals surface area contributed by atoms with Crippen molar-refractivity contribution in [3.8, 4) is 0 Å². The van der Waals surface area contributed by atoms with Gasteiger partial charge >= 0.3 is 0 Å². The van der Waals surface area contributed by atoms with Crippen molar-refractivity contribution >= 4 is 44.6 Å². The van der Waals surface area contributed by atoms with Crippen molar-refractivity contribution in [1.82, 2.24) is 0 Å². The molecule has 1 N–H and O–H groups in total. The minimum absolute atomic E-state index is 0.224. The van der Waals surface area contributed by atoms with Crippen LogP contribution in [-0.4, -0.2) is 0 Å². The molecular formula is C13H10BrClFNS. The van der Waals surface area contributed by atoms with Gasteiger partial charge in [-0.1, -0.05) is 11.6 Å². The van der Waals surface area contributed by atoms with Gasteiger partial charge in [0, 0.05) is 9.35 Å². The molecule has 1 aliphatic carbocycles. The van der Waals surface area contributed by atoms with Crippen LogP contribution < -0.4 is 5.32 Å². The van der Waals surface area contributed by atoms with E-state index in [0.29, 0.717) is 0 Å². The highest BCUT2D eigenvalue weighted by atomic mass is 79.9. The number of thiophene rings is 1. The van der Waals surface area contributed by atoms with Crippen LogP contribution in [0.4, 0.5) is 10.1 Å². The SMILES string of the molecule is Fc1ccc(Br)c(NC2CCc3sc(Cl)cc32)c1. The third-order valence-corrected chi connectivity index (χ3v) is 5.14. The first-order chi connectivity index (χ1) is 8.63. The maximum atomic E-state index is 13.2. The van der Waals surface area contributed by atoms with Crippen molar-refractivity contribution < 1.29 is 4.39 Å². The molecule has 0 bridgehead atoms. The van der Waals surface area contributed by atoms with Crippen LogP contribution in [-0.2, 0) is 6.42 Å². The van der Waals surface area contributed by atoms with Crippen LogP contribution in [0.25, 0.3) is 0 Å². The molecule has 0 amide bonds. The number of aryl methyl sites for hydroxylation is 1. The van der Waals surface area contributed by atoms with E-state index >= 15 is 0 Å². The zero-order valence-electron chi connectivity index (χ0n) is 9.34. The van der Waals surface area contributed by atoms with Crippen LogP contribution in [0, 0.1) is 5.82 Å². The Bertz CT molecular complexity index is 599. The van der Waals surface area contributed by atoms with Gasteiger partial charge in [0.05, 0.1) is 16.1 Å². The Morgan fingerprint density at radius 1 is 1.39 bits per heavy atom. The van der Waals surface area contributed by atoms with Crippen LogP contribution in [0.15, 0.2) is 28.7 Å². The van der Waals surface area contributed by atoms with E-state index in [0.717, 1.165) is 27.3 Å². The molecule has 2 aromatic rings. The number of halogens is 3. The van der Waals surface area contributed by atoms with Crippen LogP contribution in [0.1, 0.15) is 22.9 Å². The topological polar surface area (TPSA) is 12.0 Å². The molecular weight excluding hydrogens is 337 g/mol. The largest absolute Gasteiger partial charge is 0.377 e. The molecule has 0 spiro atoms. The van der Waals surface area contributed by atoms with E-state index in [4.69, 9.17) is 11.6 Å². The van der Waals surface area contributed by atoms with Crippen molar-refractivity contribution in [3.05, 3.63) is 49.3 Å². The lowest BCUT2D eigenvalue weighted by Gasteiger charge is -2.16. The van der Waals surface area contributed by atoms with Crippen LogP contribution in [0.2, 0.25) is 4.34 Å². The fourth-order valence-corrected chi connectivity index (χ4v) is 3.99. The summed E-state index contributed by atoms with van der Waals surface area (Å²) < 4.78 is 14.9. The normalized spacial score (nSPS) is 17.8. The summed E-state index contributed by atoms with van der Waals surface area (Å²) in [6, 6.07) is 6.90. The Labute approximate surface area is 122 Å². The van der Waals surface area contributed by atoms with Gasteiger partial charge in [0.15, 0.2) is 0 Å². The summed E-state index contributed by atoms with van der Waals surface area (Å²) >= 11 is 11.1. The highest BCUT2D eigenvalue weighted by Crippen LogP contribution is 2.41. The van der Waals surface area contributed by atoms with Gasteiger partial charge in [-0.25, -0.2) is 4.39 Å². The Balaban J connectivity index is 1.88. The maximum Gasteiger partial charge on any atom is 0.125 e. The standard InChI is InChI=1S/C13H10BrClFNS/c14-9-2-1-7(16)5-11(9)17-10-3-4-12-8(10)6-13(15)18-12/h1-2,5-6,10,17H,3-4H2. The Morgan fingerprint density at radius 3 is 3.06 bits per heavy atom. The molecule has 1 unspecified atom stereocenters. The van der Waals surface area contributed by atoms with E-state index in [1.54, 1.807) is 17.4 Å². The van der Waals surface area contributed by atoms with E-state index in [1.807, 2.05) is 6.07 Å². The molecule has 3 rings (SSSR count). The van der Waals surface area contributed by atoms with E-state index < -0.39 is 0 Å². The zero-order valence-corrected chi connectivity index (χ0v) is 12.5. The quantitative estimate of drug-likeness (QED) is 0.767. The van der Waals surface area contributed by atoms with Crippen molar-refractivity contribution in [2.45, 2.75) is 18.9 Å². The fourth-order valence-electron chi connectivity index (χ4n) is 2.28. The second-order valence-corrected chi connectivity index (χ2v) is 6.91. The highest BCUT2D eigenvalue weighted by Gasteiger charge is 2.25. The second-order valence-electron chi connectivity index (χ2n) is 4.29. The Hall–Kier alpha value is -0.580. The molecule has 1 heterocycles. The van der Waals surface area contributed by atoms with Crippen molar-refractivity contribution in [2.24, 2.45) is 0 Å². The molecule has 0 radical (unpaired) electrons. The molecule has 0 saturated carbocycles. The maximum absolute atomic E-state index is 13.2. The van der Waals surface area contributed by atoms with Gasteiger partial charge in [-0.05, 0) is 58.6 Å². The minimum Gasteiger partial charge on any atom is -0.377 e. The van der Waals surface area contributed by atoms with Crippen LogP contribution >= 0.6 is 38.9 Å². The molecule has 0 saturated heterocycles. The van der Waals surface area contributed by atoms with E-state index in [-0.39, 0.29) is 11.9 Å². The first kappa shape index (κ1) is 12.5. The second kappa shape index (κ2) is 4.83. The van der Waals surface area contributed by atoms with Crippen molar-refractivity contribution in [1.29, 1.82) is 0 Å². The number of hydrogen-bond acceptors (Lipinski definition) is 2. The van der Waals surface area contributed by atoms with Gasteiger partial charge in [0.1, 0.15) is 5.82 Å². The Morgan fingerprint density at radius 2 is 2.22 bits per heavy atom. The molecule has 1 aromatic carbocycles. The molecule has 1 nitrogen and oxygen atoms in total. The average Bonchev–Trinajstić information content (AvgIpc) is 2.84. The third-order valence-electron chi connectivity index (χ3n) is 3.11. The smallest absolute Gasteiger partial charge is 0.125 e.